The highest BCUT2D eigenvalue weighted by molar-refractivity contribution is 5.79. The lowest BCUT2D eigenvalue weighted by Crippen LogP contribution is -2.41. The second-order valence-corrected chi connectivity index (χ2v) is 9.42. The Balaban J connectivity index is 1.66. The quantitative estimate of drug-likeness (QED) is 0.586. The number of methoxy groups -OCH3 is 1. The fraction of sp³-hybridized carbons (Fsp3) is 0.560. The molecule has 0 aliphatic carbocycles. The van der Waals surface area contributed by atoms with Gasteiger partial charge in [-0.25, -0.2) is 4.79 Å². The maximum Gasteiger partial charge on any atom is 0.410 e. The van der Waals surface area contributed by atoms with Gasteiger partial charge in [-0.3, -0.25) is 9.78 Å². The summed E-state index contributed by atoms with van der Waals surface area (Å²) in [5.41, 5.74) is 1.66. The molecule has 0 bridgehead atoms. The largest absolute Gasteiger partial charge is 0.469 e. The van der Waals surface area contributed by atoms with Crippen LogP contribution in [0.5, 0.6) is 0 Å². The van der Waals surface area contributed by atoms with Gasteiger partial charge in [0.1, 0.15) is 5.60 Å². The van der Waals surface area contributed by atoms with Crippen LogP contribution in [0.1, 0.15) is 64.4 Å². The number of para-hydroxylation sites is 1. The molecule has 31 heavy (non-hydrogen) atoms. The molecule has 6 heteroatoms. The Morgan fingerprint density at radius 2 is 1.90 bits per heavy atom. The van der Waals surface area contributed by atoms with Crippen molar-refractivity contribution in [3.8, 4) is 0 Å². The number of nitrogens with zero attached hydrogens (tertiary/aromatic N) is 2. The molecule has 0 N–H and O–H groups in total. The summed E-state index contributed by atoms with van der Waals surface area (Å²) in [7, 11) is 1.43. The molecule has 2 heterocycles. The second-order valence-electron chi connectivity index (χ2n) is 9.42. The third kappa shape index (κ3) is 6.68. The summed E-state index contributed by atoms with van der Waals surface area (Å²) < 4.78 is 10.4. The molecule has 168 valence electrons. The Kier molecular flexibility index (Phi) is 7.52. The zero-order chi connectivity index (χ0) is 22.4. The van der Waals surface area contributed by atoms with Crippen molar-refractivity contribution >= 4 is 23.0 Å². The van der Waals surface area contributed by atoms with Crippen molar-refractivity contribution in [2.75, 3.05) is 20.2 Å². The molecule has 0 saturated carbocycles. The summed E-state index contributed by atoms with van der Waals surface area (Å²) in [5.74, 6) is 0.542. The number of likely N-dealkylation sites (tertiary alicyclic amines) is 1. The normalized spacial score (nSPS) is 16.2. The fourth-order valence-electron chi connectivity index (χ4n) is 4.21. The number of hydrogen-bond acceptors (Lipinski definition) is 5. The van der Waals surface area contributed by atoms with Crippen LogP contribution in [0, 0.1) is 5.92 Å². The number of carbonyl (C=O) groups is 2. The van der Waals surface area contributed by atoms with Gasteiger partial charge < -0.3 is 14.4 Å². The van der Waals surface area contributed by atoms with Crippen molar-refractivity contribution in [3.63, 3.8) is 0 Å². The number of benzene rings is 1. The van der Waals surface area contributed by atoms with E-state index in [1.807, 2.05) is 50.1 Å². The molecule has 1 aliphatic heterocycles. The molecule has 3 rings (SSSR count). The lowest BCUT2D eigenvalue weighted by molar-refractivity contribution is -0.140. The number of esters is 1. The van der Waals surface area contributed by atoms with Gasteiger partial charge in [0, 0.05) is 31.1 Å². The second kappa shape index (κ2) is 10.1. The lowest BCUT2D eigenvalue weighted by atomic mass is 9.82. The van der Waals surface area contributed by atoms with E-state index in [1.165, 1.54) is 7.11 Å². The van der Waals surface area contributed by atoms with Gasteiger partial charge >= 0.3 is 12.1 Å². The molecule has 0 radical (unpaired) electrons. The third-order valence-electron chi connectivity index (χ3n) is 5.89. The van der Waals surface area contributed by atoms with Gasteiger partial charge in [0.15, 0.2) is 0 Å². The number of ether oxygens (including phenoxy) is 2. The van der Waals surface area contributed by atoms with Crippen molar-refractivity contribution in [1.29, 1.82) is 0 Å². The zero-order valence-electron chi connectivity index (χ0n) is 19.1. The highest BCUT2D eigenvalue weighted by atomic mass is 16.6. The maximum atomic E-state index is 12.3. The smallest absolute Gasteiger partial charge is 0.410 e. The lowest BCUT2D eigenvalue weighted by Gasteiger charge is -2.34. The molecule has 0 spiro atoms. The van der Waals surface area contributed by atoms with E-state index in [-0.39, 0.29) is 18.0 Å². The van der Waals surface area contributed by atoms with E-state index in [0.29, 0.717) is 25.4 Å². The number of rotatable bonds is 6. The van der Waals surface area contributed by atoms with Gasteiger partial charge in [-0.2, -0.15) is 0 Å². The van der Waals surface area contributed by atoms with Crippen LogP contribution in [0.15, 0.2) is 36.5 Å². The summed E-state index contributed by atoms with van der Waals surface area (Å²) in [6, 6.07) is 10.3. The Labute approximate surface area is 184 Å². The molecular formula is C25H34N2O4. The summed E-state index contributed by atoms with van der Waals surface area (Å²) >= 11 is 0. The van der Waals surface area contributed by atoms with E-state index in [9.17, 15) is 9.59 Å². The summed E-state index contributed by atoms with van der Waals surface area (Å²) in [6.45, 7) is 7.09. The Morgan fingerprint density at radius 1 is 1.19 bits per heavy atom. The number of piperidine rings is 1. The van der Waals surface area contributed by atoms with E-state index < -0.39 is 5.60 Å². The Morgan fingerprint density at radius 3 is 2.58 bits per heavy atom. The maximum absolute atomic E-state index is 12.3. The Bertz CT molecular complexity index is 898. The first-order chi connectivity index (χ1) is 14.7. The van der Waals surface area contributed by atoms with Crippen LogP contribution in [0.25, 0.3) is 10.9 Å². The molecule has 1 amide bonds. The first-order valence-electron chi connectivity index (χ1n) is 11.1. The molecular weight excluding hydrogens is 392 g/mol. The van der Waals surface area contributed by atoms with Crippen molar-refractivity contribution in [2.24, 2.45) is 5.92 Å². The first kappa shape index (κ1) is 23.0. The van der Waals surface area contributed by atoms with E-state index in [4.69, 9.17) is 9.47 Å². The monoisotopic (exact) mass is 426 g/mol. The minimum absolute atomic E-state index is 0.182. The van der Waals surface area contributed by atoms with Crippen LogP contribution in [0.4, 0.5) is 4.79 Å². The topological polar surface area (TPSA) is 68.7 Å². The van der Waals surface area contributed by atoms with Gasteiger partial charge in [0.05, 0.1) is 12.6 Å². The van der Waals surface area contributed by atoms with Crippen LogP contribution < -0.4 is 0 Å². The van der Waals surface area contributed by atoms with Crippen LogP contribution in [-0.4, -0.2) is 47.7 Å². The van der Waals surface area contributed by atoms with Gasteiger partial charge in [-0.05, 0) is 76.0 Å². The number of carbonyl (C=O) groups excluding carboxylic acids is 2. The van der Waals surface area contributed by atoms with E-state index in [1.54, 1.807) is 0 Å². The highest BCUT2D eigenvalue weighted by Gasteiger charge is 2.28. The van der Waals surface area contributed by atoms with Crippen LogP contribution in [-0.2, 0) is 14.3 Å². The van der Waals surface area contributed by atoms with E-state index in [0.717, 1.165) is 42.1 Å². The van der Waals surface area contributed by atoms with Gasteiger partial charge in [-0.15, -0.1) is 0 Å². The summed E-state index contributed by atoms with van der Waals surface area (Å²) in [5, 5.41) is 1.11. The predicted molar refractivity (Wildman–Crippen MR) is 121 cm³/mol. The molecule has 1 saturated heterocycles. The van der Waals surface area contributed by atoms with Gasteiger partial charge in [-0.1, -0.05) is 18.2 Å². The summed E-state index contributed by atoms with van der Waals surface area (Å²) in [6.07, 6.45) is 5.69. The van der Waals surface area contributed by atoms with Crippen molar-refractivity contribution < 1.29 is 19.1 Å². The number of hydrogen-bond donors (Lipinski definition) is 0. The number of fused-ring (bicyclic) bond motifs is 1. The number of pyridine rings is 1. The molecule has 2 aromatic rings. The molecule has 0 unspecified atom stereocenters. The molecule has 1 aromatic carbocycles. The third-order valence-corrected chi connectivity index (χ3v) is 5.89. The van der Waals surface area contributed by atoms with Crippen molar-refractivity contribution in [2.45, 2.75) is 64.4 Å². The average molecular weight is 427 g/mol. The minimum Gasteiger partial charge on any atom is -0.469 e. The van der Waals surface area contributed by atoms with Crippen LogP contribution >= 0.6 is 0 Å². The van der Waals surface area contributed by atoms with E-state index >= 15 is 0 Å². The molecule has 1 atom stereocenters. The van der Waals surface area contributed by atoms with E-state index in [2.05, 4.69) is 17.1 Å². The van der Waals surface area contributed by atoms with Crippen molar-refractivity contribution in [1.82, 2.24) is 9.88 Å². The predicted octanol–water partition coefficient (Wildman–Crippen LogP) is 5.31. The van der Waals surface area contributed by atoms with Gasteiger partial charge in [0.25, 0.3) is 0 Å². The molecule has 1 fully saturated rings. The van der Waals surface area contributed by atoms with Crippen LogP contribution in [0.2, 0.25) is 0 Å². The Hall–Kier alpha value is -2.63. The standard InChI is InChI=1S/C25H34N2O4/c1-25(2,3)31-24(29)27-13-11-18(12-14-27)15-19(9-10-23(28)30-4)21-16-20-7-5-6-8-22(20)26-17-21/h5-8,16-19H,9-15H2,1-4H3/t19-/m1/s1. The first-order valence-corrected chi connectivity index (χ1v) is 11.1. The van der Waals surface area contributed by atoms with Crippen LogP contribution in [0.3, 0.4) is 0 Å². The minimum atomic E-state index is -0.476. The SMILES string of the molecule is COC(=O)CC[C@H](CC1CCN(C(=O)OC(C)(C)C)CC1)c1cnc2ccccc2c1. The van der Waals surface area contributed by atoms with Gasteiger partial charge in [0.2, 0.25) is 0 Å². The molecule has 6 nitrogen and oxygen atoms in total. The highest BCUT2D eigenvalue weighted by Crippen LogP contribution is 2.34. The number of amides is 1. The fourth-order valence-corrected chi connectivity index (χ4v) is 4.21. The van der Waals surface area contributed by atoms with Crippen molar-refractivity contribution in [3.05, 3.63) is 42.1 Å². The summed E-state index contributed by atoms with van der Waals surface area (Å²) in [4.78, 5) is 30.6. The average Bonchev–Trinajstić information content (AvgIpc) is 2.75. The molecule has 1 aliphatic rings. The molecule has 1 aromatic heterocycles. The zero-order valence-corrected chi connectivity index (χ0v) is 19.1. The number of aromatic nitrogens is 1.